The van der Waals surface area contributed by atoms with Crippen LogP contribution in [-0.4, -0.2) is 34.2 Å². The Labute approximate surface area is 64.0 Å². The van der Waals surface area contributed by atoms with Gasteiger partial charge in [0.25, 0.3) is 0 Å². The van der Waals surface area contributed by atoms with Crippen LogP contribution in [0.15, 0.2) is 0 Å². The van der Waals surface area contributed by atoms with Gasteiger partial charge in [0.15, 0.2) is 0 Å². The first-order chi connectivity index (χ1) is 4.89. The Balaban J connectivity index is 0. The average Bonchev–Trinajstić information content (AvgIpc) is 1.79. The van der Waals surface area contributed by atoms with Crippen molar-refractivity contribution in [1.29, 1.82) is 0 Å². The number of carboxylic acid groups (broad SMARTS) is 1. The zero-order valence-corrected chi connectivity index (χ0v) is 8.98. The molecule has 0 saturated carbocycles. The molecule has 6 heteroatoms. The van der Waals surface area contributed by atoms with Gasteiger partial charge in [-0.05, 0) is 13.8 Å². The van der Waals surface area contributed by atoms with Gasteiger partial charge >= 0.3 is 5.97 Å². The number of carbonyl (C=O) groups excluding carboxylic acids is 1. The third-order valence-corrected chi connectivity index (χ3v) is 1.16. The number of amides is 1. The van der Waals surface area contributed by atoms with Gasteiger partial charge in [-0.2, -0.15) is 6.41 Å². The third-order valence-electron chi connectivity index (χ3n) is 1.16. The van der Waals surface area contributed by atoms with Crippen molar-refractivity contribution in [3.05, 3.63) is 0 Å². The van der Waals surface area contributed by atoms with Crippen molar-refractivity contribution in [3.8, 4) is 0 Å². The van der Waals surface area contributed by atoms with Crippen molar-refractivity contribution >= 4 is 12.4 Å². The Kier molecular flexibility index (Phi) is 4.11. The second-order valence-corrected chi connectivity index (χ2v) is 2.67. The molecule has 0 aliphatic carbocycles. The third kappa shape index (κ3) is 3.17. The molecule has 1 atom stereocenters. The number of aliphatic carboxylic acids is 1. The molecule has 0 aromatic carbocycles. The molecule has 0 rings (SSSR count). The number of hydrogen-bond acceptors (Lipinski definition) is 3. The zero-order valence-electron chi connectivity index (χ0n) is 6.58. The molecule has 0 aliphatic rings. The predicted octanol–water partition coefficient (Wildman–Crippen LogP) is -1.13. The van der Waals surface area contributed by atoms with Gasteiger partial charge in [0.2, 0.25) is 0 Å². The van der Waals surface area contributed by atoms with Crippen molar-refractivity contribution in [2.45, 2.75) is 25.5 Å². The van der Waals surface area contributed by atoms with Crippen LogP contribution in [0.25, 0.3) is 0 Å². The SMILES string of the molecule is CC(C)(O)C(N[C-]=O)C(=O)O.[Fm]. The van der Waals surface area contributed by atoms with E-state index in [0.717, 1.165) is 0 Å². The minimum Gasteiger partial charge on any atom is -0.520 e. The van der Waals surface area contributed by atoms with Crippen LogP contribution in [0.4, 0.5) is 0 Å². The summed E-state index contributed by atoms with van der Waals surface area (Å²) in [5.41, 5.74) is -1.48. The molecule has 1 unspecified atom stereocenters. The summed E-state index contributed by atoms with van der Waals surface area (Å²) < 4.78 is 0. The standard InChI is InChI=1S/C6H10NO4.Fm/c1-6(2,11)4(5(9)10)7-3-8;/h4,11H,1-2H3,(H,7,8)(H,9,10);/q-1;. The number of aliphatic hydroxyl groups is 1. The smallest absolute Gasteiger partial charge is 0.326 e. The molecular weight excluding hydrogens is 407 g/mol. The molecule has 12 heavy (non-hydrogen) atoms. The molecule has 0 radical (unpaired) electrons. The van der Waals surface area contributed by atoms with Gasteiger partial charge in [-0.3, -0.25) is 0 Å². The molecule has 3 N–H and O–H groups in total. The van der Waals surface area contributed by atoms with Crippen molar-refractivity contribution < 1.29 is 19.8 Å². The molecular formula is C6H10FmNO4-. The molecule has 5 nitrogen and oxygen atoms in total. The van der Waals surface area contributed by atoms with E-state index in [-0.39, 0.29) is 0 Å². The van der Waals surface area contributed by atoms with E-state index in [2.05, 4.69) is 0 Å². The Morgan fingerprint density at radius 3 is 2.08 bits per heavy atom. The molecule has 0 aromatic heterocycles. The van der Waals surface area contributed by atoms with Crippen LogP contribution >= 0.6 is 0 Å². The molecule has 76 valence electrons. The van der Waals surface area contributed by atoms with E-state index in [4.69, 9.17) is 10.2 Å². The monoisotopic (exact) mass is 417 g/mol. The van der Waals surface area contributed by atoms with Crippen LogP contribution < -0.4 is 5.32 Å². The van der Waals surface area contributed by atoms with Gasteiger partial charge in [0, 0.05) is 0 Å². The minimum atomic E-state index is -1.48. The summed E-state index contributed by atoms with van der Waals surface area (Å²) in [4.78, 5) is 20.1. The zero-order chi connectivity index (χ0) is 9.07. The summed E-state index contributed by atoms with van der Waals surface area (Å²) in [6, 6.07) is -1.32. The summed E-state index contributed by atoms with van der Waals surface area (Å²) >= 11 is 0. The maximum absolute atomic E-state index is 10.3. The van der Waals surface area contributed by atoms with Gasteiger partial charge in [-0.25, -0.2) is 4.79 Å². The number of hydrogen-bond donors (Lipinski definition) is 3. The Morgan fingerprint density at radius 2 is 2.00 bits per heavy atom. The average molecular weight is 417 g/mol. The van der Waals surface area contributed by atoms with E-state index in [1.807, 2.05) is 5.32 Å². The van der Waals surface area contributed by atoms with Gasteiger partial charge < -0.3 is 20.3 Å². The molecule has 0 aliphatic heterocycles. The fourth-order valence-corrected chi connectivity index (χ4v) is 0.599. The van der Waals surface area contributed by atoms with Crippen molar-refractivity contribution in [2.24, 2.45) is 0 Å². The topological polar surface area (TPSA) is 86.6 Å². The second kappa shape index (κ2) is 3.92. The van der Waals surface area contributed by atoms with Crippen LogP contribution in [0.2, 0.25) is 0 Å². The maximum atomic E-state index is 10.3. The minimum absolute atomic E-state index is 0. The van der Waals surface area contributed by atoms with Crippen LogP contribution in [0.1, 0.15) is 13.8 Å². The maximum Gasteiger partial charge on any atom is 0.326 e. The first-order valence-corrected chi connectivity index (χ1v) is 2.97. The van der Waals surface area contributed by atoms with Crippen LogP contribution in [0, 0.1) is 0 Å². The number of nitrogens with one attached hydrogen (secondary N) is 1. The fourth-order valence-electron chi connectivity index (χ4n) is 0.599. The van der Waals surface area contributed by atoms with Crippen LogP contribution in [-0.2, 0) is 9.59 Å². The molecule has 0 aromatic rings. The first kappa shape index (κ1) is 12.6. The van der Waals surface area contributed by atoms with E-state index in [1.165, 1.54) is 20.3 Å². The van der Waals surface area contributed by atoms with E-state index >= 15 is 0 Å². The van der Waals surface area contributed by atoms with E-state index in [1.54, 1.807) is 0 Å². The van der Waals surface area contributed by atoms with Crippen LogP contribution in [0.3, 0.4) is 0 Å². The Morgan fingerprint density at radius 1 is 1.58 bits per heavy atom. The largest absolute Gasteiger partial charge is 0.520 e. The fraction of sp³-hybridized carbons (Fsp3) is 0.667. The van der Waals surface area contributed by atoms with Gasteiger partial charge in [0.05, 0.1) is 5.60 Å². The van der Waals surface area contributed by atoms with Crippen LogP contribution in [0.5, 0.6) is 0 Å². The van der Waals surface area contributed by atoms with Gasteiger partial charge in [-0.1, -0.05) is 0 Å². The van der Waals surface area contributed by atoms with Crippen molar-refractivity contribution in [2.75, 3.05) is 0 Å². The Bertz CT molecular complexity index is 165. The molecule has 0 spiro atoms. The summed E-state index contributed by atoms with van der Waals surface area (Å²) in [5, 5.41) is 19.5. The summed E-state index contributed by atoms with van der Waals surface area (Å²) in [7, 11) is 0. The Hall–Kier alpha value is -2.10. The predicted molar refractivity (Wildman–Crippen MR) is 36.6 cm³/mol. The number of carboxylic acids is 1. The molecule has 0 bridgehead atoms. The molecule has 0 fully saturated rings. The number of rotatable bonds is 4. The summed E-state index contributed by atoms with van der Waals surface area (Å²) in [6.07, 6.45) is 1.21. The number of carbonyl (C=O) groups is 1. The van der Waals surface area contributed by atoms with Gasteiger partial charge in [0.1, 0.15) is 6.04 Å². The van der Waals surface area contributed by atoms with E-state index in [9.17, 15) is 9.59 Å². The molecule has 0 saturated heterocycles. The van der Waals surface area contributed by atoms with Crippen molar-refractivity contribution in [3.63, 3.8) is 0 Å². The molecule has 1 amide bonds. The first-order valence-electron chi connectivity index (χ1n) is 2.97. The van der Waals surface area contributed by atoms with E-state index in [0.29, 0.717) is 0 Å². The quantitative estimate of drug-likeness (QED) is 0.399. The molecule has 0 heterocycles. The van der Waals surface area contributed by atoms with Gasteiger partial charge in [-0.15, -0.1) is 0 Å². The summed E-state index contributed by atoms with van der Waals surface area (Å²) in [5.74, 6) is -1.29. The van der Waals surface area contributed by atoms with Crippen molar-refractivity contribution in [1.82, 2.24) is 5.32 Å². The second-order valence-electron chi connectivity index (χ2n) is 2.67. The normalized spacial score (nSPS) is 12.6. The summed E-state index contributed by atoms with van der Waals surface area (Å²) in [6.45, 7) is 2.58. The van der Waals surface area contributed by atoms with E-state index < -0.39 is 17.6 Å².